The largest absolute Gasteiger partial charge is 0.494 e. The normalized spacial score (nSPS) is 25.8. The summed E-state index contributed by atoms with van der Waals surface area (Å²) >= 11 is 11.6. The molecule has 0 spiro atoms. The molecule has 14 heavy (non-hydrogen) atoms. The molecule has 0 aromatic rings. The van der Waals surface area contributed by atoms with Crippen LogP contribution in [0.2, 0.25) is 0 Å². The van der Waals surface area contributed by atoms with Gasteiger partial charge in [0.25, 0.3) is 5.79 Å². The van der Waals surface area contributed by atoms with Crippen LogP contribution in [0.5, 0.6) is 0 Å². The van der Waals surface area contributed by atoms with Crippen LogP contribution in [-0.2, 0) is 19.0 Å². The van der Waals surface area contributed by atoms with Crippen molar-refractivity contribution in [1.82, 2.24) is 0 Å². The Balaban J connectivity index is 3.24. The third-order valence-corrected chi connectivity index (χ3v) is 2.95. The Kier molecular flexibility index (Phi) is 3.42. The van der Waals surface area contributed by atoms with E-state index in [0.29, 0.717) is 0 Å². The van der Waals surface area contributed by atoms with Gasteiger partial charge < -0.3 is 14.2 Å². The van der Waals surface area contributed by atoms with Crippen LogP contribution in [0.15, 0.2) is 10.8 Å². The molecule has 0 heterocycles. The molecule has 1 unspecified atom stereocenters. The fourth-order valence-corrected chi connectivity index (χ4v) is 2.13. The molecule has 0 saturated carbocycles. The molecule has 0 N–H and O–H groups in total. The van der Waals surface area contributed by atoms with Gasteiger partial charge in [-0.05, 0) is 0 Å². The molecule has 4 nitrogen and oxygen atoms in total. The van der Waals surface area contributed by atoms with Crippen molar-refractivity contribution in [2.24, 2.45) is 0 Å². The quantitative estimate of drug-likeness (QED) is 0.551. The number of ketones is 1. The van der Waals surface area contributed by atoms with Gasteiger partial charge >= 0.3 is 0 Å². The minimum absolute atomic E-state index is 0.0869. The molecule has 80 valence electrons. The number of ether oxygens (including phenoxy) is 3. The second-order valence-electron chi connectivity index (χ2n) is 2.65. The van der Waals surface area contributed by atoms with Crippen molar-refractivity contribution in [2.45, 2.75) is 11.2 Å². The minimum Gasteiger partial charge on any atom is -0.494 e. The van der Waals surface area contributed by atoms with E-state index in [9.17, 15) is 4.79 Å². The van der Waals surface area contributed by atoms with E-state index in [-0.39, 0.29) is 10.8 Å². The molecule has 1 aliphatic rings. The van der Waals surface area contributed by atoms with Gasteiger partial charge in [0.05, 0.1) is 7.11 Å². The molecule has 0 saturated heterocycles. The van der Waals surface area contributed by atoms with Gasteiger partial charge in [-0.2, -0.15) is 0 Å². The van der Waals surface area contributed by atoms with Crippen molar-refractivity contribution in [2.75, 3.05) is 21.3 Å². The van der Waals surface area contributed by atoms with Crippen LogP contribution in [0.3, 0.4) is 0 Å². The third kappa shape index (κ3) is 1.34. The summed E-state index contributed by atoms with van der Waals surface area (Å²) < 4.78 is 15.1. The average molecular weight is 241 g/mol. The molecule has 0 radical (unpaired) electrons. The van der Waals surface area contributed by atoms with Crippen LogP contribution in [0.1, 0.15) is 0 Å². The Morgan fingerprint density at radius 3 is 2.07 bits per heavy atom. The highest BCUT2D eigenvalue weighted by Crippen LogP contribution is 2.41. The van der Waals surface area contributed by atoms with Crippen molar-refractivity contribution in [1.29, 1.82) is 0 Å². The highest BCUT2D eigenvalue weighted by molar-refractivity contribution is 6.50. The first-order chi connectivity index (χ1) is 6.55. The van der Waals surface area contributed by atoms with E-state index in [1.807, 2.05) is 0 Å². The summed E-state index contributed by atoms with van der Waals surface area (Å²) in [5.41, 5.74) is 0. The molecule has 1 rings (SSSR count). The lowest BCUT2D eigenvalue weighted by Crippen LogP contribution is -2.44. The summed E-state index contributed by atoms with van der Waals surface area (Å²) in [5, 5.41) is -1.11. The first-order valence-corrected chi connectivity index (χ1v) is 4.59. The predicted octanol–water partition coefficient (Wildman–Crippen LogP) is 1.26. The summed E-state index contributed by atoms with van der Waals surface area (Å²) in [5.74, 6) is -1.77. The number of carbonyl (C=O) groups is 1. The number of carbonyl (C=O) groups excluding carboxylic acids is 1. The summed E-state index contributed by atoms with van der Waals surface area (Å²) in [7, 11) is 4.09. The fraction of sp³-hybridized carbons (Fsp3) is 0.625. The van der Waals surface area contributed by atoms with Gasteiger partial charge in [0.2, 0.25) is 5.78 Å². The maximum Gasteiger partial charge on any atom is 0.253 e. The molecule has 6 heteroatoms. The summed E-state index contributed by atoms with van der Waals surface area (Å²) in [6, 6.07) is 0. The molecule has 0 aromatic carbocycles. The average Bonchev–Trinajstić information content (AvgIpc) is 2.39. The Bertz CT molecular complexity index is 283. The lowest BCUT2D eigenvalue weighted by molar-refractivity contribution is -0.194. The van der Waals surface area contributed by atoms with Crippen molar-refractivity contribution >= 4 is 29.0 Å². The number of hydrogen-bond acceptors (Lipinski definition) is 4. The lowest BCUT2D eigenvalue weighted by Gasteiger charge is -2.29. The van der Waals surface area contributed by atoms with Gasteiger partial charge in [-0.15, -0.1) is 11.6 Å². The molecule has 1 aliphatic carbocycles. The van der Waals surface area contributed by atoms with Crippen molar-refractivity contribution in [3.05, 3.63) is 10.8 Å². The Hall–Kier alpha value is -0.290. The van der Waals surface area contributed by atoms with Crippen LogP contribution in [-0.4, -0.2) is 38.3 Å². The van der Waals surface area contributed by atoms with E-state index in [0.717, 1.165) is 0 Å². The monoisotopic (exact) mass is 240 g/mol. The zero-order valence-electron chi connectivity index (χ0n) is 7.97. The summed E-state index contributed by atoms with van der Waals surface area (Å²) in [6.45, 7) is 0. The number of halogens is 2. The van der Waals surface area contributed by atoms with Gasteiger partial charge in [0.15, 0.2) is 11.1 Å². The smallest absolute Gasteiger partial charge is 0.253 e. The molecule has 0 aliphatic heterocycles. The number of rotatable bonds is 3. The standard InChI is InChI=1S/C8H10Cl2O4/c1-12-7-4(9)5(11)6(10)8(7,13-2)14-3/h6H,1-3H3. The molecule has 0 fully saturated rings. The number of allylic oxidation sites excluding steroid dienone is 1. The molecule has 0 bridgehead atoms. The Morgan fingerprint density at radius 2 is 1.79 bits per heavy atom. The minimum atomic E-state index is -1.41. The van der Waals surface area contributed by atoms with Crippen molar-refractivity contribution in [3.63, 3.8) is 0 Å². The Morgan fingerprint density at radius 1 is 1.29 bits per heavy atom. The number of methoxy groups -OCH3 is 3. The summed E-state index contributed by atoms with van der Waals surface area (Å²) in [4.78, 5) is 11.4. The first-order valence-electron chi connectivity index (χ1n) is 3.78. The number of alkyl halides is 1. The van der Waals surface area contributed by atoms with Crippen molar-refractivity contribution < 1.29 is 19.0 Å². The van der Waals surface area contributed by atoms with Crippen molar-refractivity contribution in [3.8, 4) is 0 Å². The van der Waals surface area contributed by atoms with Crippen LogP contribution < -0.4 is 0 Å². The first kappa shape index (κ1) is 11.8. The van der Waals surface area contributed by atoms with Gasteiger partial charge in [0.1, 0.15) is 5.03 Å². The topological polar surface area (TPSA) is 44.8 Å². The highest BCUT2D eigenvalue weighted by Gasteiger charge is 2.56. The van der Waals surface area contributed by atoms with E-state index in [4.69, 9.17) is 37.4 Å². The second-order valence-corrected chi connectivity index (χ2v) is 3.46. The van der Waals surface area contributed by atoms with Crippen LogP contribution in [0, 0.1) is 0 Å². The SMILES string of the molecule is COC1=C(Cl)C(=O)C(Cl)C1(OC)OC. The lowest BCUT2D eigenvalue weighted by atomic mass is 10.2. The van der Waals surface area contributed by atoms with Gasteiger partial charge in [-0.25, -0.2) is 0 Å². The molecule has 1 atom stereocenters. The van der Waals surface area contributed by atoms with Crippen LogP contribution in [0.4, 0.5) is 0 Å². The zero-order chi connectivity index (χ0) is 10.9. The number of hydrogen-bond donors (Lipinski definition) is 0. The molecule has 0 amide bonds. The highest BCUT2D eigenvalue weighted by atomic mass is 35.5. The third-order valence-electron chi connectivity index (χ3n) is 2.11. The van der Waals surface area contributed by atoms with E-state index >= 15 is 0 Å². The predicted molar refractivity (Wildman–Crippen MR) is 51.3 cm³/mol. The van der Waals surface area contributed by atoms with E-state index < -0.39 is 16.9 Å². The number of Topliss-reactive ketones (excluding diaryl/α,β-unsaturated/α-hetero) is 1. The molecular formula is C8H10Cl2O4. The maximum atomic E-state index is 11.4. The fourth-order valence-electron chi connectivity index (χ4n) is 1.37. The summed E-state index contributed by atoms with van der Waals surface area (Å²) in [6.07, 6.45) is 0. The molecule has 0 aromatic heterocycles. The Labute approximate surface area is 91.7 Å². The van der Waals surface area contributed by atoms with Gasteiger partial charge in [-0.3, -0.25) is 4.79 Å². The van der Waals surface area contributed by atoms with E-state index in [1.54, 1.807) is 0 Å². The van der Waals surface area contributed by atoms with Gasteiger partial charge in [-0.1, -0.05) is 11.6 Å². The molecular weight excluding hydrogens is 231 g/mol. The van der Waals surface area contributed by atoms with Crippen LogP contribution >= 0.6 is 23.2 Å². The second kappa shape index (κ2) is 4.06. The van der Waals surface area contributed by atoms with E-state index in [2.05, 4.69) is 0 Å². The zero-order valence-corrected chi connectivity index (χ0v) is 9.48. The van der Waals surface area contributed by atoms with Crippen LogP contribution in [0.25, 0.3) is 0 Å². The maximum absolute atomic E-state index is 11.4. The van der Waals surface area contributed by atoms with E-state index in [1.165, 1.54) is 21.3 Å². The van der Waals surface area contributed by atoms with Gasteiger partial charge in [0, 0.05) is 14.2 Å².